The van der Waals surface area contributed by atoms with Gasteiger partial charge in [-0.2, -0.15) is 5.10 Å². The average Bonchev–Trinajstić information content (AvgIpc) is 3.15. The smallest absolute Gasteiger partial charge is 0.224 e. The van der Waals surface area contributed by atoms with Crippen LogP contribution in [-0.4, -0.2) is 28.4 Å². The van der Waals surface area contributed by atoms with Gasteiger partial charge in [0, 0.05) is 41.1 Å². The van der Waals surface area contributed by atoms with Crippen molar-refractivity contribution in [2.24, 2.45) is 24.1 Å². The Bertz CT molecular complexity index is 1060. The molecule has 1 aromatic heterocycles. The van der Waals surface area contributed by atoms with Gasteiger partial charge in [-0.25, -0.2) is 8.78 Å². The molecule has 0 bridgehead atoms. The largest absolute Gasteiger partial charge is 0.378 e. The van der Waals surface area contributed by atoms with Crippen molar-refractivity contribution in [3.63, 3.8) is 0 Å². The molecule has 3 atom stereocenters. The summed E-state index contributed by atoms with van der Waals surface area (Å²) >= 11 is 1.15. The summed E-state index contributed by atoms with van der Waals surface area (Å²) in [6.45, 7) is 2.25. The zero-order valence-corrected chi connectivity index (χ0v) is 18.3. The predicted molar refractivity (Wildman–Crippen MR) is 116 cm³/mol. The van der Waals surface area contributed by atoms with E-state index < -0.39 is 23.1 Å². The van der Waals surface area contributed by atoms with E-state index in [9.17, 15) is 9.18 Å². The SMILES string of the molecule is C[C@H]1C[C@@](C(N)=O)(C2CC=CC(Sc3ccc(-c4ccnn4C)c(F)c3)=C2F)CCO1. The number of ether oxygens (including phenoxy) is 1. The summed E-state index contributed by atoms with van der Waals surface area (Å²) in [6, 6.07) is 6.56. The summed E-state index contributed by atoms with van der Waals surface area (Å²) < 4.78 is 37.6. The van der Waals surface area contributed by atoms with Crippen LogP contribution >= 0.6 is 11.8 Å². The number of thioether (sulfide) groups is 1. The molecule has 2 heterocycles. The fourth-order valence-electron chi connectivity index (χ4n) is 4.58. The maximum absolute atomic E-state index is 15.6. The summed E-state index contributed by atoms with van der Waals surface area (Å²) in [4.78, 5) is 13.4. The van der Waals surface area contributed by atoms with Crippen LogP contribution in [0.25, 0.3) is 11.3 Å². The van der Waals surface area contributed by atoms with Crippen molar-refractivity contribution in [3.05, 3.63) is 59.2 Å². The van der Waals surface area contributed by atoms with E-state index in [0.29, 0.717) is 46.9 Å². The van der Waals surface area contributed by atoms with E-state index >= 15 is 4.39 Å². The van der Waals surface area contributed by atoms with Crippen molar-refractivity contribution in [2.75, 3.05) is 6.61 Å². The molecule has 4 rings (SSSR count). The van der Waals surface area contributed by atoms with Crippen LogP contribution in [0.1, 0.15) is 26.2 Å². The number of aryl methyl sites for hydroxylation is 1. The van der Waals surface area contributed by atoms with Gasteiger partial charge >= 0.3 is 0 Å². The second-order valence-corrected chi connectivity index (χ2v) is 9.26. The molecular formula is C23H25F2N3O2S. The van der Waals surface area contributed by atoms with Crippen molar-refractivity contribution >= 4 is 17.7 Å². The van der Waals surface area contributed by atoms with Gasteiger partial charge in [-0.1, -0.05) is 17.8 Å². The summed E-state index contributed by atoms with van der Waals surface area (Å²) in [6.07, 6.45) is 6.19. The number of carbonyl (C=O) groups excluding carboxylic acids is 1. The van der Waals surface area contributed by atoms with Crippen LogP contribution in [-0.2, 0) is 16.6 Å². The molecular weight excluding hydrogens is 420 g/mol. The Morgan fingerprint density at radius 2 is 2.16 bits per heavy atom. The molecule has 2 N–H and O–H groups in total. The van der Waals surface area contributed by atoms with Gasteiger partial charge in [0.2, 0.25) is 5.91 Å². The minimum atomic E-state index is -0.979. The van der Waals surface area contributed by atoms with Gasteiger partial charge < -0.3 is 10.5 Å². The average molecular weight is 446 g/mol. The Balaban J connectivity index is 1.62. The number of hydrogen-bond donors (Lipinski definition) is 1. The second-order valence-electron chi connectivity index (χ2n) is 8.14. The number of benzene rings is 1. The lowest BCUT2D eigenvalue weighted by molar-refractivity contribution is -0.142. The fraction of sp³-hybridized carbons (Fsp3) is 0.391. The molecule has 31 heavy (non-hydrogen) atoms. The van der Waals surface area contributed by atoms with E-state index in [-0.39, 0.29) is 11.9 Å². The molecule has 1 aromatic carbocycles. The number of rotatable bonds is 5. The molecule has 0 spiro atoms. The highest BCUT2D eigenvalue weighted by atomic mass is 32.2. The third-order valence-electron chi connectivity index (χ3n) is 6.21. The number of allylic oxidation sites excluding steroid dienone is 3. The molecule has 1 aliphatic heterocycles. The molecule has 2 aromatic rings. The summed E-state index contributed by atoms with van der Waals surface area (Å²) in [5.74, 6) is -1.90. The molecule has 1 saturated heterocycles. The number of nitrogens with zero attached hydrogens (tertiary/aromatic N) is 2. The number of amides is 1. The third kappa shape index (κ3) is 4.06. The van der Waals surface area contributed by atoms with E-state index in [1.54, 1.807) is 42.2 Å². The normalized spacial score (nSPS) is 26.3. The molecule has 1 fully saturated rings. The van der Waals surface area contributed by atoms with E-state index in [0.717, 1.165) is 11.8 Å². The quantitative estimate of drug-likeness (QED) is 0.721. The van der Waals surface area contributed by atoms with Gasteiger partial charge in [0.05, 0.1) is 17.2 Å². The van der Waals surface area contributed by atoms with Crippen LogP contribution in [0.5, 0.6) is 0 Å². The van der Waals surface area contributed by atoms with Crippen LogP contribution in [0.2, 0.25) is 0 Å². The van der Waals surface area contributed by atoms with E-state index in [4.69, 9.17) is 10.5 Å². The minimum Gasteiger partial charge on any atom is -0.378 e. The minimum absolute atomic E-state index is 0.162. The molecule has 5 nitrogen and oxygen atoms in total. The number of aromatic nitrogens is 2. The van der Waals surface area contributed by atoms with E-state index in [1.165, 1.54) is 6.07 Å². The van der Waals surface area contributed by atoms with Gasteiger partial charge in [0.1, 0.15) is 11.6 Å². The Morgan fingerprint density at radius 1 is 1.35 bits per heavy atom. The third-order valence-corrected chi connectivity index (χ3v) is 7.25. The highest BCUT2D eigenvalue weighted by Crippen LogP contribution is 2.50. The molecule has 0 saturated carbocycles. The van der Waals surface area contributed by atoms with Crippen molar-refractivity contribution in [1.82, 2.24) is 9.78 Å². The van der Waals surface area contributed by atoms with Crippen molar-refractivity contribution in [3.8, 4) is 11.3 Å². The van der Waals surface area contributed by atoms with Crippen molar-refractivity contribution < 1.29 is 18.3 Å². The fourth-order valence-corrected chi connectivity index (χ4v) is 5.53. The summed E-state index contributed by atoms with van der Waals surface area (Å²) in [7, 11) is 1.75. The lowest BCUT2D eigenvalue weighted by Crippen LogP contribution is -2.49. The van der Waals surface area contributed by atoms with Gasteiger partial charge in [-0.15, -0.1) is 0 Å². The van der Waals surface area contributed by atoms with Gasteiger partial charge in [-0.05, 0) is 56.5 Å². The van der Waals surface area contributed by atoms with Crippen LogP contribution in [0.4, 0.5) is 8.78 Å². The van der Waals surface area contributed by atoms with Gasteiger partial charge in [0.25, 0.3) is 0 Å². The lowest BCUT2D eigenvalue weighted by atomic mass is 9.65. The molecule has 0 radical (unpaired) electrons. The van der Waals surface area contributed by atoms with Crippen LogP contribution in [0.15, 0.2) is 58.2 Å². The number of halogens is 2. The number of primary amides is 1. The molecule has 1 aliphatic carbocycles. The first kappa shape index (κ1) is 21.8. The summed E-state index contributed by atoms with van der Waals surface area (Å²) in [5.41, 5.74) is 5.89. The first-order valence-corrected chi connectivity index (χ1v) is 11.1. The zero-order valence-electron chi connectivity index (χ0n) is 17.5. The second kappa shape index (κ2) is 8.59. The molecule has 1 unspecified atom stereocenters. The van der Waals surface area contributed by atoms with Crippen LogP contribution in [0.3, 0.4) is 0 Å². The lowest BCUT2D eigenvalue weighted by Gasteiger charge is -2.43. The Labute approximate surface area is 184 Å². The highest BCUT2D eigenvalue weighted by molar-refractivity contribution is 8.03. The predicted octanol–water partition coefficient (Wildman–Crippen LogP) is 4.75. The van der Waals surface area contributed by atoms with Crippen LogP contribution in [0, 0.1) is 17.2 Å². The first-order chi connectivity index (χ1) is 14.8. The monoisotopic (exact) mass is 445 g/mol. The number of nitrogens with two attached hydrogens (primary N) is 1. The molecule has 2 aliphatic rings. The molecule has 1 amide bonds. The first-order valence-electron chi connectivity index (χ1n) is 10.3. The topological polar surface area (TPSA) is 70.1 Å². The van der Waals surface area contributed by atoms with Gasteiger partial charge in [-0.3, -0.25) is 9.48 Å². The van der Waals surface area contributed by atoms with Crippen molar-refractivity contribution in [1.29, 1.82) is 0 Å². The standard InChI is InChI=1S/C23H25F2N3O2S/c1-14-13-23(22(26)29,9-11-30-14)17-4-3-5-20(21(17)25)31-15-6-7-16(18(24)12-15)19-8-10-27-28(19)2/h3,5-8,10,12,14,17H,4,9,11,13H2,1-2H3,(H2,26,29)/t14-,17?,23+/m0/s1. The van der Waals surface area contributed by atoms with E-state index in [2.05, 4.69) is 5.10 Å². The zero-order chi connectivity index (χ0) is 22.2. The van der Waals surface area contributed by atoms with Gasteiger partial charge in [0.15, 0.2) is 0 Å². The van der Waals surface area contributed by atoms with Crippen molar-refractivity contribution in [2.45, 2.75) is 37.2 Å². The number of hydrogen-bond acceptors (Lipinski definition) is 4. The Hall–Kier alpha value is -2.45. The maximum Gasteiger partial charge on any atom is 0.224 e. The highest BCUT2D eigenvalue weighted by Gasteiger charge is 2.49. The maximum atomic E-state index is 15.6. The Morgan fingerprint density at radius 3 is 2.81 bits per heavy atom. The summed E-state index contributed by atoms with van der Waals surface area (Å²) in [5, 5.41) is 4.07. The van der Waals surface area contributed by atoms with E-state index in [1.807, 2.05) is 13.0 Å². The molecule has 8 heteroatoms. The Kier molecular flexibility index (Phi) is 6.03. The molecule has 164 valence electrons. The van der Waals surface area contributed by atoms with Crippen LogP contribution < -0.4 is 5.73 Å². The number of carbonyl (C=O) groups is 1.